The molecule has 2 aromatic rings. The van der Waals surface area contributed by atoms with Crippen LogP contribution in [0.5, 0.6) is 11.5 Å². The number of rotatable bonds is 4. The van der Waals surface area contributed by atoms with E-state index in [9.17, 15) is 9.90 Å². The SMILES string of the molecule is COc1cc(/C=C(/C(=O)N2CCCC(C)C2)c2ccccc2)ccc1O. The molecule has 0 aliphatic carbocycles. The number of nitrogens with zero attached hydrogens (tertiary/aromatic N) is 1. The maximum atomic E-state index is 13.2. The molecule has 136 valence electrons. The van der Waals surface area contributed by atoms with Crippen LogP contribution in [0.2, 0.25) is 0 Å². The Morgan fingerprint density at radius 2 is 2.00 bits per heavy atom. The standard InChI is InChI=1S/C22H25NO3/c1-16-7-6-12-23(15-16)22(25)19(18-8-4-3-5-9-18)13-17-10-11-20(24)21(14-17)26-2/h3-5,8-11,13-14,16,24H,6-7,12,15H2,1-2H3/b19-13+. The van der Waals surface area contributed by atoms with E-state index >= 15 is 0 Å². The predicted molar refractivity (Wildman–Crippen MR) is 104 cm³/mol. The van der Waals surface area contributed by atoms with E-state index in [1.807, 2.05) is 41.3 Å². The summed E-state index contributed by atoms with van der Waals surface area (Å²) in [6, 6.07) is 14.8. The summed E-state index contributed by atoms with van der Waals surface area (Å²) in [7, 11) is 1.51. The molecule has 4 heteroatoms. The van der Waals surface area contributed by atoms with Crippen molar-refractivity contribution in [2.24, 2.45) is 5.92 Å². The smallest absolute Gasteiger partial charge is 0.254 e. The predicted octanol–water partition coefficient (Wildman–Crippen LogP) is 4.20. The number of piperidine rings is 1. The molecule has 4 nitrogen and oxygen atoms in total. The Kier molecular flexibility index (Phi) is 5.61. The van der Waals surface area contributed by atoms with Gasteiger partial charge in [0.15, 0.2) is 11.5 Å². The monoisotopic (exact) mass is 351 g/mol. The van der Waals surface area contributed by atoms with E-state index in [4.69, 9.17) is 4.74 Å². The summed E-state index contributed by atoms with van der Waals surface area (Å²) in [4.78, 5) is 15.2. The molecule has 1 amide bonds. The summed E-state index contributed by atoms with van der Waals surface area (Å²) in [6.45, 7) is 3.78. The number of methoxy groups -OCH3 is 1. The molecule has 2 aromatic carbocycles. The van der Waals surface area contributed by atoms with Gasteiger partial charge in [0, 0.05) is 18.7 Å². The van der Waals surface area contributed by atoms with Crippen molar-refractivity contribution in [2.45, 2.75) is 19.8 Å². The van der Waals surface area contributed by atoms with E-state index in [0.29, 0.717) is 17.2 Å². The Morgan fingerprint density at radius 1 is 1.23 bits per heavy atom. The van der Waals surface area contributed by atoms with E-state index in [2.05, 4.69) is 6.92 Å². The van der Waals surface area contributed by atoms with Crippen molar-refractivity contribution >= 4 is 17.6 Å². The van der Waals surface area contributed by atoms with Crippen molar-refractivity contribution in [3.05, 3.63) is 59.7 Å². The summed E-state index contributed by atoms with van der Waals surface area (Å²) in [6.07, 6.45) is 4.09. The number of amides is 1. The number of hydrogen-bond donors (Lipinski definition) is 1. The van der Waals surface area contributed by atoms with Gasteiger partial charge in [0.05, 0.1) is 7.11 Å². The third-order valence-electron chi connectivity index (χ3n) is 4.77. The fourth-order valence-corrected chi connectivity index (χ4v) is 3.38. The van der Waals surface area contributed by atoms with Crippen LogP contribution in [-0.2, 0) is 4.79 Å². The van der Waals surface area contributed by atoms with Gasteiger partial charge in [-0.15, -0.1) is 0 Å². The van der Waals surface area contributed by atoms with Crippen molar-refractivity contribution in [1.82, 2.24) is 4.90 Å². The number of phenolic OH excluding ortho intramolecular Hbond substituents is 1. The van der Waals surface area contributed by atoms with Crippen molar-refractivity contribution in [2.75, 3.05) is 20.2 Å². The molecule has 0 bridgehead atoms. The van der Waals surface area contributed by atoms with Crippen LogP contribution in [0.15, 0.2) is 48.5 Å². The zero-order chi connectivity index (χ0) is 18.5. The zero-order valence-corrected chi connectivity index (χ0v) is 15.3. The van der Waals surface area contributed by atoms with Gasteiger partial charge in [0.25, 0.3) is 5.91 Å². The van der Waals surface area contributed by atoms with Crippen LogP contribution in [0.4, 0.5) is 0 Å². The van der Waals surface area contributed by atoms with E-state index < -0.39 is 0 Å². The average molecular weight is 351 g/mol. The molecule has 1 aliphatic rings. The molecule has 1 atom stereocenters. The zero-order valence-electron chi connectivity index (χ0n) is 15.3. The van der Waals surface area contributed by atoms with Gasteiger partial charge in [-0.25, -0.2) is 0 Å². The lowest BCUT2D eigenvalue weighted by Crippen LogP contribution is -2.39. The van der Waals surface area contributed by atoms with Crippen LogP contribution in [0, 0.1) is 5.92 Å². The normalized spacial score (nSPS) is 17.8. The average Bonchev–Trinajstić information content (AvgIpc) is 2.67. The van der Waals surface area contributed by atoms with Gasteiger partial charge in [0.1, 0.15) is 0 Å². The van der Waals surface area contributed by atoms with Gasteiger partial charge in [0.2, 0.25) is 0 Å². The fraction of sp³-hybridized carbons (Fsp3) is 0.318. The molecule has 1 N–H and O–H groups in total. The van der Waals surface area contributed by atoms with Crippen molar-refractivity contribution < 1.29 is 14.6 Å². The van der Waals surface area contributed by atoms with E-state index in [0.717, 1.165) is 30.6 Å². The highest BCUT2D eigenvalue weighted by molar-refractivity contribution is 6.24. The molecule has 0 aromatic heterocycles. The second kappa shape index (κ2) is 8.09. The minimum Gasteiger partial charge on any atom is -0.504 e. The second-order valence-corrected chi connectivity index (χ2v) is 6.85. The molecule has 3 rings (SSSR count). The van der Waals surface area contributed by atoms with E-state index in [1.54, 1.807) is 18.2 Å². The quantitative estimate of drug-likeness (QED) is 0.663. The Bertz CT molecular complexity index is 798. The Labute approximate surface area is 154 Å². The lowest BCUT2D eigenvalue weighted by Gasteiger charge is -2.31. The highest BCUT2D eigenvalue weighted by Crippen LogP contribution is 2.29. The highest BCUT2D eigenvalue weighted by atomic mass is 16.5. The first-order valence-corrected chi connectivity index (χ1v) is 9.02. The van der Waals surface area contributed by atoms with Gasteiger partial charge >= 0.3 is 0 Å². The number of carbonyl (C=O) groups is 1. The number of phenols is 1. The number of aromatic hydroxyl groups is 1. The maximum absolute atomic E-state index is 13.2. The lowest BCUT2D eigenvalue weighted by molar-refractivity contribution is -0.126. The first-order chi connectivity index (χ1) is 12.6. The van der Waals surface area contributed by atoms with Crippen LogP contribution in [0.1, 0.15) is 30.9 Å². The van der Waals surface area contributed by atoms with Crippen LogP contribution < -0.4 is 4.74 Å². The summed E-state index contributed by atoms with van der Waals surface area (Å²) in [5.74, 6) is 1.06. The van der Waals surface area contributed by atoms with Crippen LogP contribution in [-0.4, -0.2) is 36.1 Å². The number of carbonyl (C=O) groups excluding carboxylic acids is 1. The second-order valence-electron chi connectivity index (χ2n) is 6.85. The first-order valence-electron chi connectivity index (χ1n) is 9.02. The first kappa shape index (κ1) is 18.1. The van der Waals surface area contributed by atoms with Crippen molar-refractivity contribution in [3.8, 4) is 11.5 Å². The molecular weight excluding hydrogens is 326 g/mol. The van der Waals surface area contributed by atoms with Crippen molar-refractivity contribution in [3.63, 3.8) is 0 Å². The molecular formula is C22H25NO3. The third-order valence-corrected chi connectivity index (χ3v) is 4.77. The Hall–Kier alpha value is -2.75. The summed E-state index contributed by atoms with van der Waals surface area (Å²) in [5, 5.41) is 9.81. The highest BCUT2D eigenvalue weighted by Gasteiger charge is 2.24. The van der Waals surface area contributed by atoms with E-state index in [-0.39, 0.29) is 11.7 Å². The number of benzene rings is 2. The minimum atomic E-state index is 0.0507. The summed E-state index contributed by atoms with van der Waals surface area (Å²) < 4.78 is 5.19. The van der Waals surface area contributed by atoms with Crippen LogP contribution >= 0.6 is 0 Å². The van der Waals surface area contributed by atoms with Gasteiger partial charge < -0.3 is 14.7 Å². The molecule has 1 saturated heterocycles. The minimum absolute atomic E-state index is 0.0507. The number of hydrogen-bond acceptors (Lipinski definition) is 3. The third kappa shape index (κ3) is 4.07. The van der Waals surface area contributed by atoms with Gasteiger partial charge in [-0.3, -0.25) is 4.79 Å². The molecule has 1 heterocycles. The molecule has 26 heavy (non-hydrogen) atoms. The van der Waals surface area contributed by atoms with Gasteiger partial charge in [-0.05, 0) is 48.1 Å². The summed E-state index contributed by atoms with van der Waals surface area (Å²) >= 11 is 0. The van der Waals surface area contributed by atoms with Crippen molar-refractivity contribution in [1.29, 1.82) is 0 Å². The van der Waals surface area contributed by atoms with E-state index in [1.165, 1.54) is 13.5 Å². The van der Waals surface area contributed by atoms with Gasteiger partial charge in [-0.2, -0.15) is 0 Å². The molecule has 1 fully saturated rings. The van der Waals surface area contributed by atoms with Gasteiger partial charge in [-0.1, -0.05) is 43.3 Å². The molecule has 0 radical (unpaired) electrons. The Balaban J connectivity index is 2.00. The number of ether oxygens (including phenoxy) is 1. The molecule has 0 saturated carbocycles. The largest absolute Gasteiger partial charge is 0.504 e. The molecule has 0 spiro atoms. The summed E-state index contributed by atoms with van der Waals surface area (Å²) in [5.41, 5.74) is 2.37. The topological polar surface area (TPSA) is 49.8 Å². The number of likely N-dealkylation sites (tertiary alicyclic amines) is 1. The fourth-order valence-electron chi connectivity index (χ4n) is 3.38. The van der Waals surface area contributed by atoms with Crippen LogP contribution in [0.3, 0.4) is 0 Å². The maximum Gasteiger partial charge on any atom is 0.254 e. The molecule has 1 aliphatic heterocycles. The lowest BCUT2D eigenvalue weighted by atomic mass is 9.97. The molecule has 1 unspecified atom stereocenters. The Morgan fingerprint density at radius 3 is 2.69 bits per heavy atom. The van der Waals surface area contributed by atoms with Crippen LogP contribution in [0.25, 0.3) is 11.6 Å².